The maximum absolute atomic E-state index is 2.46. The van der Waals surface area contributed by atoms with Crippen molar-refractivity contribution in [3.8, 4) is 0 Å². The van der Waals surface area contributed by atoms with Crippen LogP contribution in [-0.2, 0) is 0 Å². The molecule has 1 aliphatic heterocycles. The first-order valence-electron chi connectivity index (χ1n) is 3.81. The minimum atomic E-state index is 1.18. The molecule has 0 atom stereocenters. The van der Waals surface area contributed by atoms with Gasteiger partial charge in [-0.25, -0.2) is 0 Å². The van der Waals surface area contributed by atoms with Crippen LogP contribution in [0.2, 0.25) is 0 Å². The Kier molecular flexibility index (Phi) is 2.78. The van der Waals surface area contributed by atoms with Gasteiger partial charge in [0.05, 0.1) is 0 Å². The summed E-state index contributed by atoms with van der Waals surface area (Å²) in [6, 6.07) is 0. The second-order valence-electron chi connectivity index (χ2n) is 2.58. The van der Waals surface area contributed by atoms with Crippen molar-refractivity contribution in [2.75, 3.05) is 19.6 Å². The van der Waals surface area contributed by atoms with Crippen LogP contribution < -0.4 is 0 Å². The van der Waals surface area contributed by atoms with Crippen molar-refractivity contribution in [1.29, 1.82) is 0 Å². The second-order valence-corrected chi connectivity index (χ2v) is 2.58. The molecule has 0 aromatic carbocycles. The van der Waals surface area contributed by atoms with E-state index in [1.807, 2.05) is 0 Å². The lowest BCUT2D eigenvalue weighted by atomic mass is 10.3. The molecule has 0 aromatic heterocycles. The van der Waals surface area contributed by atoms with Gasteiger partial charge in [0.2, 0.25) is 0 Å². The monoisotopic (exact) mass is 125 g/mol. The van der Waals surface area contributed by atoms with Crippen molar-refractivity contribution < 1.29 is 0 Å². The molecule has 0 unspecified atom stereocenters. The molecule has 0 N–H and O–H groups in total. The zero-order valence-corrected chi connectivity index (χ0v) is 6.14. The molecule has 0 radical (unpaired) electrons. The highest BCUT2D eigenvalue weighted by Crippen LogP contribution is 2.00. The number of rotatable bonds is 3. The van der Waals surface area contributed by atoms with Gasteiger partial charge in [-0.05, 0) is 13.0 Å². The van der Waals surface area contributed by atoms with Gasteiger partial charge in [0, 0.05) is 13.1 Å². The standard InChI is InChI=1S/C8H15N/c1-2-3-6-9-7-4-5-8-9/h4-5H,2-3,6-8H2,1H3. The molecule has 0 saturated carbocycles. The maximum Gasteiger partial charge on any atom is 0.0166 e. The highest BCUT2D eigenvalue weighted by atomic mass is 15.1. The lowest BCUT2D eigenvalue weighted by Crippen LogP contribution is -2.20. The van der Waals surface area contributed by atoms with E-state index in [4.69, 9.17) is 0 Å². The summed E-state index contributed by atoms with van der Waals surface area (Å²) in [4.78, 5) is 2.46. The fourth-order valence-electron chi connectivity index (χ4n) is 1.09. The summed E-state index contributed by atoms with van der Waals surface area (Å²) in [7, 11) is 0. The minimum absolute atomic E-state index is 1.18. The van der Waals surface area contributed by atoms with Crippen LogP contribution in [0.5, 0.6) is 0 Å². The smallest absolute Gasteiger partial charge is 0.0166 e. The zero-order valence-electron chi connectivity index (χ0n) is 6.14. The molecule has 0 aromatic rings. The van der Waals surface area contributed by atoms with E-state index in [9.17, 15) is 0 Å². The molecule has 0 aliphatic carbocycles. The Morgan fingerprint density at radius 2 is 2.00 bits per heavy atom. The first kappa shape index (κ1) is 6.81. The molecule has 0 saturated heterocycles. The Morgan fingerprint density at radius 3 is 2.56 bits per heavy atom. The van der Waals surface area contributed by atoms with Crippen LogP contribution >= 0.6 is 0 Å². The van der Waals surface area contributed by atoms with E-state index in [-0.39, 0.29) is 0 Å². The van der Waals surface area contributed by atoms with Gasteiger partial charge in [0.1, 0.15) is 0 Å². The fourth-order valence-corrected chi connectivity index (χ4v) is 1.09. The molecule has 1 nitrogen and oxygen atoms in total. The zero-order chi connectivity index (χ0) is 6.53. The topological polar surface area (TPSA) is 3.24 Å². The lowest BCUT2D eigenvalue weighted by molar-refractivity contribution is 0.345. The SMILES string of the molecule is CCCCN1CC=CC1. The molecule has 1 rings (SSSR count). The van der Waals surface area contributed by atoms with Crippen molar-refractivity contribution in [3.05, 3.63) is 12.2 Å². The molecule has 1 heteroatoms. The number of hydrogen-bond acceptors (Lipinski definition) is 1. The van der Waals surface area contributed by atoms with E-state index in [0.717, 1.165) is 0 Å². The Bertz CT molecular complexity index is 88.7. The van der Waals surface area contributed by atoms with Crippen LogP contribution in [-0.4, -0.2) is 24.5 Å². The average Bonchev–Trinajstić information content (AvgIpc) is 2.34. The third kappa shape index (κ3) is 2.19. The molecule has 0 fully saturated rings. The first-order valence-corrected chi connectivity index (χ1v) is 3.81. The van der Waals surface area contributed by atoms with Crippen LogP contribution in [0.3, 0.4) is 0 Å². The summed E-state index contributed by atoms with van der Waals surface area (Å²) < 4.78 is 0. The Balaban J connectivity index is 2.01. The molecule has 52 valence electrons. The molecule has 0 spiro atoms. The number of unbranched alkanes of at least 4 members (excludes halogenated alkanes) is 1. The summed E-state index contributed by atoms with van der Waals surface area (Å²) in [5.41, 5.74) is 0. The molecule has 1 aliphatic rings. The van der Waals surface area contributed by atoms with Gasteiger partial charge in [0.25, 0.3) is 0 Å². The predicted octanol–water partition coefficient (Wildman–Crippen LogP) is 1.66. The largest absolute Gasteiger partial charge is 0.296 e. The van der Waals surface area contributed by atoms with Gasteiger partial charge in [-0.3, -0.25) is 4.90 Å². The Morgan fingerprint density at radius 1 is 1.33 bits per heavy atom. The van der Waals surface area contributed by atoms with E-state index < -0.39 is 0 Å². The van der Waals surface area contributed by atoms with E-state index in [1.165, 1.54) is 32.5 Å². The van der Waals surface area contributed by atoms with Crippen LogP contribution in [0.1, 0.15) is 19.8 Å². The van der Waals surface area contributed by atoms with Crippen LogP contribution in [0.25, 0.3) is 0 Å². The van der Waals surface area contributed by atoms with Crippen molar-refractivity contribution in [2.45, 2.75) is 19.8 Å². The third-order valence-corrected chi connectivity index (χ3v) is 1.72. The van der Waals surface area contributed by atoms with Gasteiger partial charge >= 0.3 is 0 Å². The van der Waals surface area contributed by atoms with Crippen molar-refractivity contribution >= 4 is 0 Å². The van der Waals surface area contributed by atoms with Gasteiger partial charge in [0.15, 0.2) is 0 Å². The van der Waals surface area contributed by atoms with Crippen LogP contribution in [0.15, 0.2) is 12.2 Å². The fraction of sp³-hybridized carbons (Fsp3) is 0.750. The van der Waals surface area contributed by atoms with Gasteiger partial charge < -0.3 is 0 Å². The maximum atomic E-state index is 2.46. The number of nitrogens with zero attached hydrogens (tertiary/aromatic N) is 1. The van der Waals surface area contributed by atoms with Gasteiger partial charge in [-0.15, -0.1) is 0 Å². The molecule has 9 heavy (non-hydrogen) atoms. The van der Waals surface area contributed by atoms with E-state index >= 15 is 0 Å². The van der Waals surface area contributed by atoms with Gasteiger partial charge in [-0.1, -0.05) is 25.5 Å². The highest BCUT2D eigenvalue weighted by Gasteiger charge is 2.02. The van der Waals surface area contributed by atoms with E-state index in [0.29, 0.717) is 0 Å². The normalized spacial score (nSPS) is 19.2. The average molecular weight is 125 g/mol. The van der Waals surface area contributed by atoms with Crippen LogP contribution in [0.4, 0.5) is 0 Å². The highest BCUT2D eigenvalue weighted by molar-refractivity contribution is 4.94. The second kappa shape index (κ2) is 3.67. The molecule has 0 amide bonds. The summed E-state index contributed by atoms with van der Waals surface area (Å²) in [5, 5.41) is 0. The molecular formula is C8H15N. The first-order chi connectivity index (χ1) is 4.43. The van der Waals surface area contributed by atoms with Crippen molar-refractivity contribution in [3.63, 3.8) is 0 Å². The summed E-state index contributed by atoms with van der Waals surface area (Å²) >= 11 is 0. The number of hydrogen-bond donors (Lipinski definition) is 0. The van der Waals surface area contributed by atoms with E-state index in [1.54, 1.807) is 0 Å². The third-order valence-electron chi connectivity index (χ3n) is 1.72. The molecule has 1 heterocycles. The lowest BCUT2D eigenvalue weighted by Gasteiger charge is -2.12. The van der Waals surface area contributed by atoms with Crippen LogP contribution in [0, 0.1) is 0 Å². The Labute approximate surface area is 57.4 Å². The quantitative estimate of drug-likeness (QED) is 0.518. The summed E-state index contributed by atoms with van der Waals surface area (Å²) in [5.74, 6) is 0. The Hall–Kier alpha value is -0.300. The molecular weight excluding hydrogens is 110 g/mol. The van der Waals surface area contributed by atoms with Crippen molar-refractivity contribution in [1.82, 2.24) is 4.90 Å². The van der Waals surface area contributed by atoms with Crippen molar-refractivity contribution in [2.24, 2.45) is 0 Å². The molecule has 0 bridgehead atoms. The minimum Gasteiger partial charge on any atom is -0.296 e. The summed E-state index contributed by atoms with van der Waals surface area (Å²) in [6.45, 7) is 5.88. The van der Waals surface area contributed by atoms with Gasteiger partial charge in [-0.2, -0.15) is 0 Å². The van der Waals surface area contributed by atoms with E-state index in [2.05, 4.69) is 24.0 Å². The predicted molar refractivity (Wildman–Crippen MR) is 40.5 cm³/mol. The summed E-state index contributed by atoms with van der Waals surface area (Å²) in [6.07, 6.45) is 7.16.